The highest BCUT2D eigenvalue weighted by Crippen LogP contribution is 2.34. The summed E-state index contributed by atoms with van der Waals surface area (Å²) in [5.41, 5.74) is 0.757. The third-order valence-electron chi connectivity index (χ3n) is 4.42. The molecule has 2 amide bonds. The number of thiazole rings is 1. The van der Waals surface area contributed by atoms with Gasteiger partial charge in [0, 0.05) is 24.5 Å². The lowest BCUT2D eigenvalue weighted by molar-refractivity contribution is -0.122. The van der Waals surface area contributed by atoms with Crippen LogP contribution < -0.4 is 10.1 Å². The number of benzene rings is 1. The van der Waals surface area contributed by atoms with Gasteiger partial charge in [0.25, 0.3) is 5.91 Å². The van der Waals surface area contributed by atoms with E-state index in [4.69, 9.17) is 17.0 Å². The van der Waals surface area contributed by atoms with Crippen LogP contribution in [0.2, 0.25) is 0 Å². The molecule has 1 fully saturated rings. The zero-order chi connectivity index (χ0) is 22.2. The number of aromatic nitrogens is 1. The van der Waals surface area contributed by atoms with Crippen LogP contribution in [0, 0.1) is 0 Å². The molecule has 1 aromatic carbocycles. The van der Waals surface area contributed by atoms with E-state index in [1.807, 2.05) is 12.3 Å². The minimum Gasteiger partial charge on any atom is -0.504 e. The lowest BCUT2D eigenvalue weighted by atomic mass is 10.1. The number of carbonyl (C=O) groups is 2. The van der Waals surface area contributed by atoms with Crippen LogP contribution in [0.1, 0.15) is 38.2 Å². The number of carbonyl (C=O) groups excluding carboxylic acids is 2. The Hall–Kier alpha value is -2.43. The molecule has 3 rings (SSSR count). The number of nitrogens with zero attached hydrogens (tertiary/aromatic N) is 2. The van der Waals surface area contributed by atoms with Crippen LogP contribution in [0.25, 0.3) is 6.08 Å². The summed E-state index contributed by atoms with van der Waals surface area (Å²) >= 11 is 8.03. The van der Waals surface area contributed by atoms with Crippen molar-refractivity contribution in [2.75, 3.05) is 18.5 Å². The van der Waals surface area contributed by atoms with E-state index in [2.05, 4.69) is 10.3 Å². The van der Waals surface area contributed by atoms with Crippen LogP contribution in [0.3, 0.4) is 0 Å². The summed E-state index contributed by atoms with van der Waals surface area (Å²) in [4.78, 5) is 30.8. The third kappa shape index (κ3) is 6.52. The number of ether oxygens (including phenoxy) is 1. The van der Waals surface area contributed by atoms with E-state index in [-0.39, 0.29) is 17.6 Å². The molecule has 2 heterocycles. The molecule has 0 aliphatic carbocycles. The second kappa shape index (κ2) is 11.3. The fraction of sp³-hybridized carbons (Fsp3) is 0.333. The van der Waals surface area contributed by atoms with E-state index in [1.54, 1.807) is 35.4 Å². The van der Waals surface area contributed by atoms with Crippen LogP contribution >= 0.6 is 35.3 Å². The molecule has 1 aliphatic heterocycles. The SMILES string of the molecule is CCOc1cc(/C=C2\SC(=S)N(CCCCCC(=O)Nc3nccs3)C2=O)ccc1O. The molecule has 0 atom stereocenters. The Morgan fingerprint density at radius 3 is 2.94 bits per heavy atom. The number of thiocarbonyl (C=S) groups is 1. The summed E-state index contributed by atoms with van der Waals surface area (Å²) in [5.74, 6) is 0.267. The fourth-order valence-corrected chi connectivity index (χ4v) is 4.79. The molecule has 10 heteroatoms. The van der Waals surface area contributed by atoms with Crippen molar-refractivity contribution in [2.24, 2.45) is 0 Å². The number of rotatable bonds is 10. The van der Waals surface area contributed by atoms with Crippen molar-refractivity contribution in [3.8, 4) is 11.5 Å². The maximum Gasteiger partial charge on any atom is 0.266 e. The van der Waals surface area contributed by atoms with Gasteiger partial charge in [0.05, 0.1) is 11.5 Å². The largest absolute Gasteiger partial charge is 0.504 e. The zero-order valence-electron chi connectivity index (χ0n) is 17.0. The molecular weight excluding hydrogens is 454 g/mol. The average molecular weight is 478 g/mol. The van der Waals surface area contributed by atoms with Gasteiger partial charge >= 0.3 is 0 Å². The monoisotopic (exact) mass is 477 g/mol. The highest BCUT2D eigenvalue weighted by molar-refractivity contribution is 8.26. The molecule has 0 unspecified atom stereocenters. The smallest absolute Gasteiger partial charge is 0.266 e. The maximum absolute atomic E-state index is 12.7. The highest BCUT2D eigenvalue weighted by Gasteiger charge is 2.31. The minimum absolute atomic E-state index is 0.0520. The molecule has 0 radical (unpaired) electrons. The molecule has 1 aromatic heterocycles. The van der Waals surface area contributed by atoms with Gasteiger partial charge < -0.3 is 15.2 Å². The lowest BCUT2D eigenvalue weighted by Crippen LogP contribution is -2.29. The predicted octanol–water partition coefficient (Wildman–Crippen LogP) is 4.65. The van der Waals surface area contributed by atoms with Crippen LogP contribution in [0.4, 0.5) is 5.13 Å². The number of phenolic OH excluding ortho intramolecular Hbond substituents is 1. The molecule has 0 spiro atoms. The first-order valence-corrected chi connectivity index (χ1v) is 12.0. The van der Waals surface area contributed by atoms with Gasteiger partial charge in [-0.2, -0.15) is 0 Å². The molecule has 0 bridgehead atoms. The van der Waals surface area contributed by atoms with Crippen LogP contribution in [0.5, 0.6) is 11.5 Å². The molecule has 2 N–H and O–H groups in total. The first-order valence-electron chi connectivity index (χ1n) is 9.88. The summed E-state index contributed by atoms with van der Waals surface area (Å²) in [6.45, 7) is 2.80. The van der Waals surface area contributed by atoms with Gasteiger partial charge in [-0.25, -0.2) is 4.98 Å². The summed E-state index contributed by atoms with van der Waals surface area (Å²) < 4.78 is 5.92. The number of amides is 2. The number of hydrogen-bond acceptors (Lipinski definition) is 8. The van der Waals surface area contributed by atoms with Crippen molar-refractivity contribution in [1.29, 1.82) is 0 Å². The Labute approximate surface area is 194 Å². The van der Waals surface area contributed by atoms with Crippen molar-refractivity contribution in [3.05, 3.63) is 40.2 Å². The molecule has 164 valence electrons. The molecular formula is C21H23N3O4S3. The predicted molar refractivity (Wildman–Crippen MR) is 128 cm³/mol. The molecule has 2 aromatic rings. The van der Waals surface area contributed by atoms with Crippen LogP contribution in [0.15, 0.2) is 34.7 Å². The van der Waals surface area contributed by atoms with E-state index in [9.17, 15) is 14.7 Å². The standard InChI is InChI=1S/C21H23N3O4S3/c1-2-28-16-12-14(7-8-15(16)25)13-17-19(27)24(21(29)31-17)10-5-3-4-6-18(26)23-20-22-9-11-30-20/h7-9,11-13,25H,2-6,10H2,1H3,(H,22,23,26)/b17-13-. The first kappa shape index (κ1) is 23.2. The molecule has 1 saturated heterocycles. The number of nitrogens with one attached hydrogen (secondary N) is 1. The minimum atomic E-state index is -0.123. The zero-order valence-corrected chi connectivity index (χ0v) is 19.4. The van der Waals surface area contributed by atoms with Gasteiger partial charge in [0.2, 0.25) is 5.91 Å². The lowest BCUT2D eigenvalue weighted by Gasteiger charge is -2.14. The van der Waals surface area contributed by atoms with Crippen molar-refractivity contribution in [3.63, 3.8) is 0 Å². The van der Waals surface area contributed by atoms with Gasteiger partial charge in [0.1, 0.15) is 4.32 Å². The van der Waals surface area contributed by atoms with E-state index in [0.29, 0.717) is 39.7 Å². The van der Waals surface area contributed by atoms with Crippen molar-refractivity contribution in [2.45, 2.75) is 32.6 Å². The quantitative estimate of drug-likeness (QED) is 0.292. The van der Waals surface area contributed by atoms with E-state index in [1.165, 1.54) is 23.1 Å². The molecule has 1 aliphatic rings. The molecule has 7 nitrogen and oxygen atoms in total. The first-order chi connectivity index (χ1) is 15.0. The molecule has 0 saturated carbocycles. The van der Waals surface area contributed by atoms with Gasteiger partial charge in [-0.3, -0.25) is 14.5 Å². The topological polar surface area (TPSA) is 91.8 Å². The maximum atomic E-state index is 12.7. The van der Waals surface area contributed by atoms with Gasteiger partial charge in [-0.05, 0) is 43.5 Å². The van der Waals surface area contributed by atoms with Crippen molar-refractivity contribution < 1.29 is 19.4 Å². The van der Waals surface area contributed by atoms with E-state index in [0.717, 1.165) is 24.8 Å². The highest BCUT2D eigenvalue weighted by atomic mass is 32.2. The Bertz CT molecular complexity index is 976. The second-order valence-electron chi connectivity index (χ2n) is 6.69. The second-order valence-corrected chi connectivity index (χ2v) is 9.26. The van der Waals surface area contributed by atoms with Gasteiger partial charge in [-0.15, -0.1) is 11.3 Å². The summed E-state index contributed by atoms with van der Waals surface area (Å²) in [7, 11) is 0. The summed E-state index contributed by atoms with van der Waals surface area (Å²) in [5, 5.41) is 15.0. The van der Waals surface area contributed by atoms with Crippen molar-refractivity contribution in [1.82, 2.24) is 9.88 Å². The number of aromatic hydroxyl groups is 1. The number of thioether (sulfide) groups is 1. The van der Waals surface area contributed by atoms with Crippen LogP contribution in [-0.4, -0.2) is 44.3 Å². The molecule has 31 heavy (non-hydrogen) atoms. The van der Waals surface area contributed by atoms with E-state index >= 15 is 0 Å². The van der Waals surface area contributed by atoms with Crippen LogP contribution in [-0.2, 0) is 9.59 Å². The summed E-state index contributed by atoms with van der Waals surface area (Å²) in [6, 6.07) is 4.96. The number of anilines is 1. The average Bonchev–Trinajstić information content (AvgIpc) is 3.33. The third-order valence-corrected chi connectivity index (χ3v) is 6.49. The summed E-state index contributed by atoms with van der Waals surface area (Å²) in [6.07, 6.45) is 6.13. The Balaban J connectivity index is 1.47. The van der Waals surface area contributed by atoms with E-state index < -0.39 is 0 Å². The number of hydrogen-bond donors (Lipinski definition) is 2. The Morgan fingerprint density at radius 1 is 1.35 bits per heavy atom. The van der Waals surface area contributed by atoms with Gasteiger partial charge in [0.15, 0.2) is 16.6 Å². The Morgan fingerprint density at radius 2 is 2.19 bits per heavy atom. The van der Waals surface area contributed by atoms with Gasteiger partial charge in [-0.1, -0.05) is 36.5 Å². The fourth-order valence-electron chi connectivity index (χ4n) is 2.93. The number of unbranched alkanes of at least 4 members (excludes halogenated alkanes) is 2. The number of phenols is 1. The normalized spacial score (nSPS) is 15.0. The van der Waals surface area contributed by atoms with Crippen molar-refractivity contribution >= 4 is 62.7 Å². The Kier molecular flexibility index (Phi) is 8.44.